The molecule has 1 amide bonds. The Labute approximate surface area is 172 Å². The number of thiocarbonyl (C=S) groups is 1. The van der Waals surface area contributed by atoms with Gasteiger partial charge in [-0.25, -0.2) is 0 Å². The van der Waals surface area contributed by atoms with Gasteiger partial charge in [0.1, 0.15) is 10.1 Å². The van der Waals surface area contributed by atoms with Crippen molar-refractivity contribution in [3.63, 3.8) is 0 Å². The first-order chi connectivity index (χ1) is 12.7. The molecule has 0 spiro atoms. The van der Waals surface area contributed by atoms with Gasteiger partial charge in [-0.15, -0.1) is 0 Å². The molecule has 140 valence electrons. The number of halogens is 1. The van der Waals surface area contributed by atoms with Crippen molar-refractivity contribution in [2.75, 3.05) is 6.26 Å². The van der Waals surface area contributed by atoms with Crippen LogP contribution in [-0.4, -0.2) is 29.8 Å². The minimum atomic E-state index is -3.72. The van der Waals surface area contributed by atoms with Crippen LogP contribution >= 0.6 is 35.6 Å². The summed E-state index contributed by atoms with van der Waals surface area (Å²) in [6.45, 7) is 0.366. The molecule has 9 heteroatoms. The predicted molar refractivity (Wildman–Crippen MR) is 112 cm³/mol. The minimum Gasteiger partial charge on any atom is -0.382 e. The third-order valence-corrected chi connectivity index (χ3v) is 5.65. The zero-order valence-electron chi connectivity index (χ0n) is 14.1. The van der Waals surface area contributed by atoms with Gasteiger partial charge in [0.25, 0.3) is 5.91 Å². The summed E-state index contributed by atoms with van der Waals surface area (Å²) in [5.74, 6) is -0.158. The molecule has 0 aliphatic carbocycles. The van der Waals surface area contributed by atoms with Crippen molar-refractivity contribution in [2.24, 2.45) is 0 Å². The molecule has 0 N–H and O–H groups in total. The third-order valence-electron chi connectivity index (χ3n) is 3.56. The average molecular weight is 440 g/mol. The molecule has 27 heavy (non-hydrogen) atoms. The molecule has 1 heterocycles. The molecule has 5 nitrogen and oxygen atoms in total. The average Bonchev–Trinajstić information content (AvgIpc) is 2.85. The van der Waals surface area contributed by atoms with E-state index in [0.29, 0.717) is 26.4 Å². The van der Waals surface area contributed by atoms with E-state index in [1.165, 1.54) is 29.2 Å². The molecule has 3 rings (SSSR count). The van der Waals surface area contributed by atoms with Gasteiger partial charge in [-0.3, -0.25) is 9.69 Å². The monoisotopic (exact) mass is 439 g/mol. The minimum absolute atomic E-state index is 0.0928. The number of hydrogen-bond acceptors (Lipinski definition) is 6. The Morgan fingerprint density at radius 2 is 1.93 bits per heavy atom. The number of nitrogens with zero attached hydrogens (tertiary/aromatic N) is 1. The second kappa shape index (κ2) is 8.02. The molecule has 0 unspecified atom stereocenters. The van der Waals surface area contributed by atoms with E-state index in [0.717, 1.165) is 23.6 Å². The molecule has 1 fully saturated rings. The molecular weight excluding hydrogens is 426 g/mol. The maximum Gasteiger partial charge on any atom is 0.306 e. The summed E-state index contributed by atoms with van der Waals surface area (Å²) in [6, 6.07) is 14.0. The Hall–Kier alpha value is -1.87. The second-order valence-corrected chi connectivity index (χ2v) is 9.41. The van der Waals surface area contributed by atoms with Crippen molar-refractivity contribution in [1.82, 2.24) is 4.90 Å². The van der Waals surface area contributed by atoms with Crippen LogP contribution in [0.25, 0.3) is 6.08 Å². The van der Waals surface area contributed by atoms with Gasteiger partial charge < -0.3 is 4.18 Å². The number of benzene rings is 2. The van der Waals surface area contributed by atoms with E-state index >= 15 is 0 Å². The van der Waals surface area contributed by atoms with Gasteiger partial charge in [-0.05, 0) is 29.8 Å². The molecule has 1 saturated heterocycles. The highest BCUT2D eigenvalue weighted by Gasteiger charge is 2.32. The van der Waals surface area contributed by atoms with Gasteiger partial charge in [0, 0.05) is 10.6 Å². The van der Waals surface area contributed by atoms with Gasteiger partial charge in [-0.2, -0.15) is 8.42 Å². The first-order valence-electron chi connectivity index (χ1n) is 7.71. The van der Waals surface area contributed by atoms with E-state index in [1.807, 2.05) is 30.3 Å². The molecule has 1 aliphatic heterocycles. The van der Waals surface area contributed by atoms with Crippen molar-refractivity contribution < 1.29 is 17.4 Å². The Morgan fingerprint density at radius 3 is 2.59 bits per heavy atom. The number of rotatable bonds is 5. The number of carbonyl (C=O) groups is 1. The van der Waals surface area contributed by atoms with Crippen LogP contribution in [0.2, 0.25) is 5.02 Å². The van der Waals surface area contributed by atoms with E-state index < -0.39 is 10.1 Å². The van der Waals surface area contributed by atoms with Crippen molar-refractivity contribution in [2.45, 2.75) is 6.54 Å². The van der Waals surface area contributed by atoms with Gasteiger partial charge in [0.2, 0.25) is 0 Å². The Kier molecular flexibility index (Phi) is 5.90. The molecule has 1 aliphatic rings. The fourth-order valence-electron chi connectivity index (χ4n) is 2.41. The Morgan fingerprint density at radius 1 is 1.22 bits per heavy atom. The fraction of sp³-hybridized carbons (Fsp3) is 0.111. The number of thioether (sulfide) groups is 1. The zero-order valence-corrected chi connectivity index (χ0v) is 17.3. The Bertz CT molecular complexity index is 1040. The van der Waals surface area contributed by atoms with Gasteiger partial charge in [0.05, 0.1) is 17.7 Å². The van der Waals surface area contributed by atoms with E-state index in [9.17, 15) is 13.2 Å². The highest BCUT2D eigenvalue weighted by Crippen LogP contribution is 2.36. The number of hydrogen-bond donors (Lipinski definition) is 0. The molecule has 0 radical (unpaired) electrons. The second-order valence-electron chi connectivity index (χ2n) is 5.72. The van der Waals surface area contributed by atoms with Gasteiger partial charge >= 0.3 is 10.1 Å². The van der Waals surface area contributed by atoms with E-state index in [2.05, 4.69) is 0 Å². The smallest absolute Gasteiger partial charge is 0.306 e. The van der Waals surface area contributed by atoms with E-state index in [4.69, 9.17) is 28.0 Å². The number of carbonyl (C=O) groups excluding carboxylic acids is 1. The predicted octanol–water partition coefficient (Wildman–Crippen LogP) is 4.08. The summed E-state index contributed by atoms with van der Waals surface area (Å²) in [6.07, 6.45) is 2.49. The standard InChI is InChI=1S/C18H14ClNO4S3/c1-27(22,23)24-15-8-7-14(19)9-13(15)10-16-17(21)20(18(25)26-16)11-12-5-3-2-4-6-12/h2-10H,11H2,1H3. The molecule has 0 atom stereocenters. The lowest BCUT2D eigenvalue weighted by atomic mass is 10.2. The van der Waals surface area contributed by atoms with Crippen LogP contribution in [-0.2, 0) is 21.5 Å². The molecule has 0 saturated carbocycles. The van der Waals surface area contributed by atoms with Gasteiger partial charge in [-0.1, -0.05) is 65.9 Å². The van der Waals surface area contributed by atoms with Crippen LogP contribution in [0.5, 0.6) is 5.75 Å². The fourth-order valence-corrected chi connectivity index (χ4v) is 4.32. The lowest BCUT2D eigenvalue weighted by Crippen LogP contribution is -2.27. The van der Waals surface area contributed by atoms with Crippen LogP contribution in [0.4, 0.5) is 0 Å². The SMILES string of the molecule is CS(=O)(=O)Oc1ccc(Cl)cc1C=C1SC(=S)N(Cc2ccccc2)C1=O. The van der Waals surface area contributed by atoms with Crippen LogP contribution in [0.3, 0.4) is 0 Å². The highest BCUT2D eigenvalue weighted by atomic mass is 35.5. The van der Waals surface area contributed by atoms with Crippen LogP contribution < -0.4 is 4.18 Å². The maximum absolute atomic E-state index is 12.8. The molecule has 2 aromatic rings. The first-order valence-corrected chi connectivity index (χ1v) is 11.1. The highest BCUT2D eigenvalue weighted by molar-refractivity contribution is 8.26. The molecule has 2 aromatic carbocycles. The quantitative estimate of drug-likeness (QED) is 0.397. The van der Waals surface area contributed by atoms with E-state index in [1.54, 1.807) is 0 Å². The summed E-state index contributed by atoms with van der Waals surface area (Å²) < 4.78 is 28.4. The lowest BCUT2D eigenvalue weighted by molar-refractivity contribution is -0.122. The molecule has 0 aromatic heterocycles. The summed E-state index contributed by atoms with van der Waals surface area (Å²) in [5.41, 5.74) is 1.34. The van der Waals surface area contributed by atoms with E-state index in [-0.39, 0.29) is 11.7 Å². The first kappa shape index (κ1) is 19.9. The number of amides is 1. The lowest BCUT2D eigenvalue weighted by Gasteiger charge is -2.14. The van der Waals surface area contributed by atoms with Crippen LogP contribution in [0.1, 0.15) is 11.1 Å². The largest absolute Gasteiger partial charge is 0.382 e. The summed E-state index contributed by atoms with van der Waals surface area (Å²) in [7, 11) is -3.72. The van der Waals surface area contributed by atoms with Crippen LogP contribution in [0.15, 0.2) is 53.4 Å². The van der Waals surface area contributed by atoms with Crippen molar-refractivity contribution >= 4 is 62.0 Å². The van der Waals surface area contributed by atoms with Crippen LogP contribution in [0, 0.1) is 0 Å². The topological polar surface area (TPSA) is 63.7 Å². The van der Waals surface area contributed by atoms with Crippen molar-refractivity contribution in [3.8, 4) is 5.75 Å². The Balaban J connectivity index is 1.91. The molecular formula is C18H14ClNO4S3. The van der Waals surface area contributed by atoms with Crippen molar-refractivity contribution in [3.05, 3.63) is 69.6 Å². The van der Waals surface area contributed by atoms with Crippen molar-refractivity contribution in [1.29, 1.82) is 0 Å². The zero-order chi connectivity index (χ0) is 19.6. The normalized spacial score (nSPS) is 16.2. The third kappa shape index (κ3) is 5.10. The molecule has 0 bridgehead atoms. The summed E-state index contributed by atoms with van der Waals surface area (Å²) >= 11 is 12.5. The summed E-state index contributed by atoms with van der Waals surface area (Å²) in [5, 5.41) is 0.391. The maximum atomic E-state index is 12.8. The summed E-state index contributed by atoms with van der Waals surface area (Å²) in [4.78, 5) is 14.6. The van der Waals surface area contributed by atoms with Gasteiger partial charge in [0.15, 0.2) is 0 Å².